The van der Waals surface area contributed by atoms with Gasteiger partial charge in [0.25, 0.3) is 0 Å². The van der Waals surface area contributed by atoms with Gasteiger partial charge in [-0.25, -0.2) is 0 Å². The van der Waals surface area contributed by atoms with Crippen LogP contribution >= 0.6 is 0 Å². The summed E-state index contributed by atoms with van der Waals surface area (Å²) in [4.78, 5) is 6.84. The van der Waals surface area contributed by atoms with E-state index in [0.29, 0.717) is 12.1 Å². The average molecular weight is 235 g/mol. The lowest BCUT2D eigenvalue weighted by Crippen LogP contribution is -2.30. The first-order valence-electron chi connectivity index (χ1n) is 6.50. The topological polar surface area (TPSA) is 28.2 Å². The monoisotopic (exact) mass is 235 g/mol. The molecule has 0 aliphatic rings. The van der Waals surface area contributed by atoms with Gasteiger partial charge in [0, 0.05) is 19.1 Å². The quantitative estimate of drug-likeness (QED) is 0.821. The molecule has 1 aromatic rings. The normalized spacial score (nSPS) is 12.8. The van der Waals surface area contributed by atoms with Crippen LogP contribution in [0.3, 0.4) is 0 Å². The Morgan fingerprint density at radius 3 is 2.35 bits per heavy atom. The fourth-order valence-corrected chi connectivity index (χ4v) is 2.06. The van der Waals surface area contributed by atoms with Crippen LogP contribution in [0.25, 0.3) is 0 Å². The zero-order chi connectivity index (χ0) is 12.8. The Balaban J connectivity index is 2.79. The third-order valence-corrected chi connectivity index (χ3v) is 3.54. The summed E-state index contributed by atoms with van der Waals surface area (Å²) >= 11 is 0. The van der Waals surface area contributed by atoms with Gasteiger partial charge in [0.1, 0.15) is 0 Å². The van der Waals surface area contributed by atoms with E-state index in [1.54, 1.807) is 0 Å². The van der Waals surface area contributed by atoms with E-state index in [-0.39, 0.29) is 0 Å². The predicted molar refractivity (Wildman–Crippen MR) is 74.5 cm³/mol. The van der Waals surface area contributed by atoms with E-state index < -0.39 is 0 Å². The number of hydrogen-bond donors (Lipinski definition) is 1. The Morgan fingerprint density at radius 2 is 1.94 bits per heavy atom. The Bertz CT molecular complexity index is 317. The third-order valence-electron chi connectivity index (χ3n) is 3.54. The molecule has 0 amide bonds. The van der Waals surface area contributed by atoms with E-state index in [1.165, 1.54) is 18.5 Å². The first-order valence-corrected chi connectivity index (χ1v) is 6.50. The van der Waals surface area contributed by atoms with Crippen LogP contribution in [0.5, 0.6) is 0 Å². The summed E-state index contributed by atoms with van der Waals surface area (Å²) in [5.41, 5.74) is 2.29. The molecule has 96 valence electrons. The number of nitrogens with zero attached hydrogens (tertiary/aromatic N) is 2. The maximum Gasteiger partial charge on any atom is 0.0571 e. The van der Waals surface area contributed by atoms with Crippen molar-refractivity contribution in [3.05, 3.63) is 24.0 Å². The van der Waals surface area contributed by atoms with E-state index in [4.69, 9.17) is 0 Å². The Morgan fingerprint density at radius 1 is 1.29 bits per heavy atom. The molecular formula is C14H25N3. The number of rotatable bonds is 6. The minimum atomic E-state index is 0.308. The van der Waals surface area contributed by atoms with Crippen molar-refractivity contribution in [3.8, 4) is 0 Å². The van der Waals surface area contributed by atoms with Gasteiger partial charge in [0.2, 0.25) is 0 Å². The van der Waals surface area contributed by atoms with Gasteiger partial charge >= 0.3 is 0 Å². The minimum Gasteiger partial charge on any atom is -0.370 e. The minimum absolute atomic E-state index is 0.308. The number of anilines is 1. The average Bonchev–Trinajstić information content (AvgIpc) is 2.39. The van der Waals surface area contributed by atoms with E-state index in [9.17, 15) is 0 Å². The molecule has 0 saturated heterocycles. The van der Waals surface area contributed by atoms with Crippen molar-refractivity contribution in [2.45, 2.75) is 45.7 Å². The van der Waals surface area contributed by atoms with Gasteiger partial charge in [-0.2, -0.15) is 0 Å². The van der Waals surface area contributed by atoms with Gasteiger partial charge in [0.05, 0.1) is 17.6 Å². The molecule has 3 heteroatoms. The van der Waals surface area contributed by atoms with Gasteiger partial charge in [-0.05, 0) is 38.9 Å². The predicted octanol–water partition coefficient (Wildman–Crippen LogP) is 2.99. The molecule has 1 heterocycles. The van der Waals surface area contributed by atoms with Gasteiger partial charge < -0.3 is 10.2 Å². The standard InChI is InChI=1S/C14H25N3/c1-6-12(7-2)17(5)13-8-9-14(16-10-13)11(3)15-4/h8-12,15H,6-7H2,1-5H3. The number of pyridine rings is 1. The Hall–Kier alpha value is -1.09. The fourth-order valence-electron chi connectivity index (χ4n) is 2.06. The molecule has 0 aliphatic carbocycles. The van der Waals surface area contributed by atoms with Crippen LogP contribution in [0, 0.1) is 0 Å². The highest BCUT2D eigenvalue weighted by Crippen LogP contribution is 2.19. The molecule has 3 nitrogen and oxygen atoms in total. The van der Waals surface area contributed by atoms with E-state index in [2.05, 4.69) is 55.2 Å². The zero-order valence-corrected chi connectivity index (χ0v) is 11.7. The summed E-state index contributed by atoms with van der Waals surface area (Å²) in [7, 11) is 4.10. The van der Waals surface area contributed by atoms with Crippen LogP contribution in [0.4, 0.5) is 5.69 Å². The summed E-state index contributed by atoms with van der Waals surface area (Å²) < 4.78 is 0. The summed E-state index contributed by atoms with van der Waals surface area (Å²) in [5, 5.41) is 3.20. The molecule has 0 aromatic carbocycles. The van der Waals surface area contributed by atoms with Crippen LogP contribution in [0.15, 0.2) is 18.3 Å². The smallest absolute Gasteiger partial charge is 0.0571 e. The Labute approximate surface area is 105 Å². The van der Waals surface area contributed by atoms with E-state index in [0.717, 1.165) is 5.69 Å². The van der Waals surface area contributed by atoms with Crippen LogP contribution in [-0.2, 0) is 0 Å². The van der Waals surface area contributed by atoms with Crippen molar-refractivity contribution in [2.24, 2.45) is 0 Å². The van der Waals surface area contributed by atoms with Crippen LogP contribution < -0.4 is 10.2 Å². The van der Waals surface area contributed by atoms with Gasteiger partial charge in [-0.1, -0.05) is 13.8 Å². The van der Waals surface area contributed by atoms with Crippen LogP contribution in [-0.4, -0.2) is 25.1 Å². The molecule has 0 radical (unpaired) electrons. The first-order chi connectivity index (χ1) is 8.13. The maximum atomic E-state index is 4.52. The molecule has 1 N–H and O–H groups in total. The lowest BCUT2D eigenvalue weighted by Gasteiger charge is -2.28. The summed E-state index contributed by atoms with van der Waals surface area (Å²) in [6, 6.07) is 5.18. The molecule has 1 aromatic heterocycles. The highest BCUT2D eigenvalue weighted by atomic mass is 15.1. The fraction of sp³-hybridized carbons (Fsp3) is 0.643. The second-order valence-electron chi connectivity index (χ2n) is 4.53. The molecule has 0 saturated carbocycles. The first kappa shape index (κ1) is 14.0. The zero-order valence-electron chi connectivity index (χ0n) is 11.7. The summed E-state index contributed by atoms with van der Waals surface area (Å²) in [6.45, 7) is 6.58. The van der Waals surface area contributed by atoms with Crippen LogP contribution in [0.1, 0.15) is 45.3 Å². The highest BCUT2D eigenvalue weighted by molar-refractivity contribution is 5.45. The van der Waals surface area contributed by atoms with Gasteiger partial charge in [-0.3, -0.25) is 4.98 Å². The maximum absolute atomic E-state index is 4.52. The van der Waals surface area contributed by atoms with E-state index in [1.807, 2.05) is 13.2 Å². The molecule has 17 heavy (non-hydrogen) atoms. The molecule has 1 rings (SSSR count). The van der Waals surface area contributed by atoms with Crippen molar-refractivity contribution < 1.29 is 0 Å². The van der Waals surface area contributed by atoms with Crippen molar-refractivity contribution in [1.82, 2.24) is 10.3 Å². The van der Waals surface area contributed by atoms with Crippen LogP contribution in [0.2, 0.25) is 0 Å². The van der Waals surface area contributed by atoms with E-state index >= 15 is 0 Å². The molecular weight excluding hydrogens is 210 g/mol. The second kappa shape index (κ2) is 6.60. The number of nitrogens with one attached hydrogen (secondary N) is 1. The van der Waals surface area contributed by atoms with Crippen molar-refractivity contribution in [1.29, 1.82) is 0 Å². The van der Waals surface area contributed by atoms with Crippen molar-refractivity contribution in [3.63, 3.8) is 0 Å². The third kappa shape index (κ3) is 3.43. The highest BCUT2D eigenvalue weighted by Gasteiger charge is 2.12. The second-order valence-corrected chi connectivity index (χ2v) is 4.53. The van der Waals surface area contributed by atoms with Gasteiger partial charge in [-0.15, -0.1) is 0 Å². The SMILES string of the molecule is CCC(CC)N(C)c1ccc(C(C)NC)nc1. The lowest BCUT2D eigenvalue weighted by atomic mass is 10.1. The number of aromatic nitrogens is 1. The Kier molecular flexibility index (Phi) is 5.42. The molecule has 0 spiro atoms. The number of hydrogen-bond acceptors (Lipinski definition) is 3. The van der Waals surface area contributed by atoms with Gasteiger partial charge in [0.15, 0.2) is 0 Å². The van der Waals surface area contributed by atoms with Crippen molar-refractivity contribution >= 4 is 5.69 Å². The van der Waals surface area contributed by atoms with Crippen molar-refractivity contribution in [2.75, 3.05) is 19.0 Å². The molecule has 1 unspecified atom stereocenters. The molecule has 1 atom stereocenters. The summed E-state index contributed by atoms with van der Waals surface area (Å²) in [6.07, 6.45) is 4.31. The summed E-state index contributed by atoms with van der Waals surface area (Å²) in [5.74, 6) is 0. The largest absolute Gasteiger partial charge is 0.370 e. The molecule has 0 fully saturated rings. The molecule has 0 aliphatic heterocycles. The lowest BCUT2D eigenvalue weighted by molar-refractivity contribution is 0.589. The molecule has 0 bridgehead atoms.